The first-order valence-electron chi connectivity index (χ1n) is 5.24. The van der Waals surface area contributed by atoms with Gasteiger partial charge >= 0.3 is 5.97 Å². The second-order valence-corrected chi connectivity index (χ2v) is 9.91. The van der Waals surface area contributed by atoms with Crippen LogP contribution in [0.2, 0.25) is 18.1 Å². The van der Waals surface area contributed by atoms with Crippen LogP contribution in [0.5, 0.6) is 0 Å². The minimum atomic E-state index is -1.85. The zero-order chi connectivity index (χ0) is 13.0. The Morgan fingerprint density at radius 3 is 2.12 bits per heavy atom. The van der Waals surface area contributed by atoms with Crippen LogP contribution >= 0.6 is 0 Å². The molecule has 0 amide bonds. The van der Waals surface area contributed by atoms with Crippen molar-refractivity contribution >= 4 is 14.3 Å². The maximum Gasteiger partial charge on any atom is 0.330 e. The van der Waals surface area contributed by atoms with E-state index in [2.05, 4.69) is 45.2 Å². The monoisotopic (exact) mass is 242 g/mol. The van der Waals surface area contributed by atoms with E-state index in [0.717, 1.165) is 0 Å². The predicted octanol–water partition coefficient (Wildman–Crippen LogP) is 3.25. The molecule has 0 aliphatic heterocycles. The van der Waals surface area contributed by atoms with Crippen molar-refractivity contribution in [3.8, 4) is 0 Å². The first-order chi connectivity index (χ1) is 7.10. The Balaban J connectivity index is 4.47. The Hall–Kier alpha value is -1.03. The SMILES string of the molecule is C=C(/C=C/C(=O)OC)O[Si](C)(C)C(C)(C)C. The van der Waals surface area contributed by atoms with Crippen molar-refractivity contribution in [1.82, 2.24) is 0 Å². The van der Waals surface area contributed by atoms with Gasteiger partial charge in [-0.05, 0) is 24.2 Å². The lowest BCUT2D eigenvalue weighted by Gasteiger charge is -2.36. The summed E-state index contributed by atoms with van der Waals surface area (Å²) in [5.41, 5.74) is 0. The average Bonchev–Trinajstić information content (AvgIpc) is 2.11. The largest absolute Gasteiger partial charge is 0.544 e. The summed E-state index contributed by atoms with van der Waals surface area (Å²) in [6.07, 6.45) is 2.86. The number of carbonyl (C=O) groups is 1. The molecule has 0 unspecified atom stereocenters. The van der Waals surface area contributed by atoms with Gasteiger partial charge in [0.25, 0.3) is 0 Å². The maximum absolute atomic E-state index is 10.9. The van der Waals surface area contributed by atoms with Gasteiger partial charge in [-0.3, -0.25) is 0 Å². The maximum atomic E-state index is 10.9. The van der Waals surface area contributed by atoms with Crippen molar-refractivity contribution in [2.24, 2.45) is 0 Å². The van der Waals surface area contributed by atoms with Crippen LogP contribution in [0.3, 0.4) is 0 Å². The summed E-state index contributed by atoms with van der Waals surface area (Å²) in [5.74, 6) is 0.108. The molecule has 0 fully saturated rings. The van der Waals surface area contributed by atoms with Gasteiger partial charge in [-0.1, -0.05) is 27.4 Å². The number of esters is 1. The molecule has 0 rings (SSSR count). The number of rotatable bonds is 4. The van der Waals surface area contributed by atoms with Crippen LogP contribution in [0.4, 0.5) is 0 Å². The molecule has 3 nitrogen and oxygen atoms in total. The highest BCUT2D eigenvalue weighted by atomic mass is 28.4. The summed E-state index contributed by atoms with van der Waals surface area (Å²) in [7, 11) is -0.516. The average molecular weight is 242 g/mol. The number of methoxy groups -OCH3 is 1. The molecule has 16 heavy (non-hydrogen) atoms. The Kier molecular flexibility index (Phi) is 5.00. The highest BCUT2D eigenvalue weighted by molar-refractivity contribution is 6.74. The highest BCUT2D eigenvalue weighted by Crippen LogP contribution is 2.37. The summed E-state index contributed by atoms with van der Waals surface area (Å²) < 4.78 is 10.3. The van der Waals surface area contributed by atoms with Crippen molar-refractivity contribution in [2.45, 2.75) is 38.9 Å². The summed E-state index contributed by atoms with van der Waals surface area (Å²) in [5, 5.41) is 0.120. The van der Waals surface area contributed by atoms with E-state index >= 15 is 0 Å². The molecule has 0 aromatic rings. The second kappa shape index (κ2) is 5.34. The van der Waals surface area contributed by atoms with E-state index in [1.165, 1.54) is 13.2 Å². The fourth-order valence-corrected chi connectivity index (χ4v) is 1.77. The summed E-state index contributed by atoms with van der Waals surface area (Å²) >= 11 is 0. The summed E-state index contributed by atoms with van der Waals surface area (Å²) in [4.78, 5) is 10.9. The van der Waals surface area contributed by atoms with E-state index in [9.17, 15) is 4.79 Å². The molecule has 0 aliphatic rings. The number of allylic oxidation sites excluding steroid dienone is 1. The van der Waals surface area contributed by atoms with Crippen LogP contribution in [0.15, 0.2) is 24.5 Å². The lowest BCUT2D eigenvalue weighted by Crippen LogP contribution is -2.40. The molecule has 0 saturated carbocycles. The van der Waals surface area contributed by atoms with Crippen molar-refractivity contribution < 1.29 is 14.0 Å². The third-order valence-corrected chi connectivity index (χ3v) is 7.18. The fourth-order valence-electron chi connectivity index (χ4n) is 0.744. The van der Waals surface area contributed by atoms with E-state index < -0.39 is 14.3 Å². The Morgan fingerprint density at radius 2 is 1.75 bits per heavy atom. The van der Waals surface area contributed by atoms with Gasteiger partial charge in [0.2, 0.25) is 8.32 Å². The molecular weight excluding hydrogens is 220 g/mol. The van der Waals surface area contributed by atoms with E-state index in [4.69, 9.17) is 4.43 Å². The van der Waals surface area contributed by atoms with Crippen molar-refractivity contribution in [2.75, 3.05) is 7.11 Å². The van der Waals surface area contributed by atoms with Gasteiger partial charge in [0.05, 0.1) is 12.9 Å². The molecule has 0 saturated heterocycles. The van der Waals surface area contributed by atoms with Crippen molar-refractivity contribution in [1.29, 1.82) is 0 Å². The van der Waals surface area contributed by atoms with Crippen LogP contribution in [-0.4, -0.2) is 21.4 Å². The summed E-state index contributed by atoms with van der Waals surface area (Å²) in [6, 6.07) is 0. The van der Waals surface area contributed by atoms with E-state index in [-0.39, 0.29) is 5.04 Å². The minimum Gasteiger partial charge on any atom is -0.544 e. The van der Waals surface area contributed by atoms with Crippen LogP contribution in [0.1, 0.15) is 20.8 Å². The molecule has 0 aliphatic carbocycles. The molecule has 4 heteroatoms. The lowest BCUT2D eigenvalue weighted by molar-refractivity contribution is -0.134. The van der Waals surface area contributed by atoms with Gasteiger partial charge in [-0.15, -0.1) is 0 Å². The van der Waals surface area contributed by atoms with Crippen LogP contribution in [-0.2, 0) is 14.0 Å². The first-order valence-corrected chi connectivity index (χ1v) is 8.15. The minimum absolute atomic E-state index is 0.120. The Labute approximate surface area is 99.3 Å². The van der Waals surface area contributed by atoms with Crippen molar-refractivity contribution in [3.05, 3.63) is 24.5 Å². The number of carbonyl (C=O) groups excluding carboxylic acids is 1. The number of hydrogen-bond donors (Lipinski definition) is 0. The molecular formula is C12H22O3Si. The predicted molar refractivity (Wildman–Crippen MR) is 68.6 cm³/mol. The zero-order valence-electron chi connectivity index (χ0n) is 11.1. The molecule has 0 N–H and O–H groups in total. The van der Waals surface area contributed by atoms with E-state index in [0.29, 0.717) is 5.76 Å². The zero-order valence-corrected chi connectivity index (χ0v) is 12.1. The molecule has 0 aromatic carbocycles. The standard InChI is InChI=1S/C12H22O3Si/c1-10(8-9-11(13)14-5)15-16(6,7)12(2,3)4/h8-9H,1H2,2-7H3/b9-8+. The number of hydrogen-bond acceptors (Lipinski definition) is 3. The van der Waals surface area contributed by atoms with Gasteiger partial charge in [-0.25, -0.2) is 4.79 Å². The third kappa shape index (κ3) is 4.66. The van der Waals surface area contributed by atoms with Gasteiger partial charge in [0.15, 0.2) is 0 Å². The number of ether oxygens (including phenoxy) is 1. The van der Waals surface area contributed by atoms with Gasteiger partial charge in [0, 0.05) is 6.08 Å². The highest BCUT2D eigenvalue weighted by Gasteiger charge is 2.38. The van der Waals surface area contributed by atoms with E-state index in [1.807, 2.05) is 0 Å². The molecule has 0 bridgehead atoms. The van der Waals surface area contributed by atoms with E-state index in [1.54, 1.807) is 6.08 Å². The van der Waals surface area contributed by atoms with Crippen LogP contribution in [0, 0.1) is 0 Å². The molecule has 0 atom stereocenters. The van der Waals surface area contributed by atoms with Crippen molar-refractivity contribution in [3.63, 3.8) is 0 Å². The van der Waals surface area contributed by atoms with Gasteiger partial charge in [0.1, 0.15) is 0 Å². The smallest absolute Gasteiger partial charge is 0.330 e. The molecule has 0 heterocycles. The quantitative estimate of drug-likeness (QED) is 0.249. The van der Waals surface area contributed by atoms with Gasteiger partial charge in [-0.2, -0.15) is 0 Å². The van der Waals surface area contributed by atoms with Crippen LogP contribution in [0.25, 0.3) is 0 Å². The van der Waals surface area contributed by atoms with Gasteiger partial charge < -0.3 is 9.16 Å². The topological polar surface area (TPSA) is 35.5 Å². The molecule has 0 spiro atoms. The molecule has 92 valence electrons. The van der Waals surface area contributed by atoms with Crippen LogP contribution < -0.4 is 0 Å². The molecule has 0 radical (unpaired) electrons. The summed E-state index contributed by atoms with van der Waals surface area (Å²) in [6.45, 7) is 14.5. The Bertz CT molecular complexity index is 298. The second-order valence-electron chi connectivity index (χ2n) is 5.19. The normalized spacial score (nSPS) is 12.6. The molecule has 0 aromatic heterocycles. The third-order valence-electron chi connectivity index (χ3n) is 2.80. The Morgan fingerprint density at radius 1 is 1.25 bits per heavy atom. The fraction of sp³-hybridized carbons (Fsp3) is 0.583. The first kappa shape index (κ1) is 15.0. The lowest BCUT2D eigenvalue weighted by atomic mass is 10.2.